The standard InChI is InChI=1S/C13H16FN7O3/c1-4-19-11(14)9(6-16-19)5-15-18-12(22)13(2,3)20-8-10(7-17-20)21(23)24/h5-8H,4H2,1-3H3,(H,18,22). The minimum absolute atomic E-state index is 0.129. The highest BCUT2D eigenvalue weighted by Crippen LogP contribution is 2.18. The maximum atomic E-state index is 13.8. The Balaban J connectivity index is 2.08. The predicted molar refractivity (Wildman–Crippen MR) is 81.8 cm³/mol. The number of carbonyl (C=O) groups excluding carboxylic acids is 1. The minimum Gasteiger partial charge on any atom is -0.270 e. The predicted octanol–water partition coefficient (Wildman–Crippen LogP) is 1.03. The van der Waals surface area contributed by atoms with Crippen LogP contribution in [0, 0.1) is 16.1 Å². The van der Waals surface area contributed by atoms with Gasteiger partial charge < -0.3 is 0 Å². The summed E-state index contributed by atoms with van der Waals surface area (Å²) in [6, 6.07) is 0. The van der Waals surface area contributed by atoms with Crippen molar-refractivity contribution < 1.29 is 14.1 Å². The molecule has 24 heavy (non-hydrogen) atoms. The molecule has 0 aliphatic heterocycles. The molecule has 128 valence electrons. The number of nitrogens with zero attached hydrogens (tertiary/aromatic N) is 6. The molecular formula is C13H16FN7O3. The van der Waals surface area contributed by atoms with E-state index in [1.165, 1.54) is 20.0 Å². The molecule has 0 atom stereocenters. The van der Waals surface area contributed by atoms with Crippen molar-refractivity contribution in [3.8, 4) is 0 Å². The van der Waals surface area contributed by atoms with Gasteiger partial charge in [0.25, 0.3) is 5.91 Å². The smallest absolute Gasteiger partial charge is 0.270 e. The van der Waals surface area contributed by atoms with Crippen LogP contribution in [0.25, 0.3) is 0 Å². The lowest BCUT2D eigenvalue weighted by Crippen LogP contribution is -2.42. The number of rotatable bonds is 6. The molecule has 1 amide bonds. The summed E-state index contributed by atoms with van der Waals surface area (Å²) in [6.45, 7) is 5.15. The molecule has 0 spiro atoms. The Hall–Kier alpha value is -3.11. The summed E-state index contributed by atoms with van der Waals surface area (Å²) in [6.07, 6.45) is 4.62. The molecule has 2 rings (SSSR count). The Morgan fingerprint density at radius 3 is 2.75 bits per heavy atom. The number of nitrogens with one attached hydrogen (secondary N) is 1. The Labute approximate surface area is 136 Å². The van der Waals surface area contributed by atoms with Crippen LogP contribution in [0.15, 0.2) is 23.7 Å². The largest absolute Gasteiger partial charge is 0.307 e. The second-order valence-corrected chi connectivity index (χ2v) is 5.36. The normalized spacial score (nSPS) is 11.8. The number of halogens is 1. The molecule has 0 unspecified atom stereocenters. The van der Waals surface area contributed by atoms with E-state index in [2.05, 4.69) is 20.7 Å². The van der Waals surface area contributed by atoms with Gasteiger partial charge in [-0.2, -0.15) is 19.7 Å². The summed E-state index contributed by atoms with van der Waals surface area (Å²) in [5.74, 6) is -1.13. The number of aryl methyl sites for hydroxylation is 1. The maximum absolute atomic E-state index is 13.8. The average Bonchev–Trinajstić information content (AvgIpc) is 3.15. The number of carbonyl (C=O) groups is 1. The first-order chi connectivity index (χ1) is 11.3. The number of nitro groups is 1. The van der Waals surface area contributed by atoms with Crippen LogP contribution in [-0.2, 0) is 16.9 Å². The number of hydrogen-bond donors (Lipinski definition) is 1. The molecule has 0 radical (unpaired) electrons. The van der Waals surface area contributed by atoms with Crippen LogP contribution < -0.4 is 5.43 Å². The summed E-state index contributed by atoms with van der Waals surface area (Å²) in [5, 5.41) is 22.0. The molecule has 0 aromatic carbocycles. The van der Waals surface area contributed by atoms with Crippen LogP contribution in [0.2, 0.25) is 0 Å². The summed E-state index contributed by atoms with van der Waals surface area (Å²) in [5.41, 5.74) is 0.936. The number of hydrazone groups is 1. The summed E-state index contributed by atoms with van der Waals surface area (Å²) >= 11 is 0. The lowest BCUT2D eigenvalue weighted by Gasteiger charge is -2.22. The molecule has 2 heterocycles. The van der Waals surface area contributed by atoms with Gasteiger partial charge in [0.1, 0.15) is 17.9 Å². The molecule has 0 fully saturated rings. The van der Waals surface area contributed by atoms with Crippen molar-refractivity contribution in [1.82, 2.24) is 25.0 Å². The molecule has 1 N–H and O–H groups in total. The molecule has 2 aromatic heterocycles. The molecule has 0 aliphatic rings. The summed E-state index contributed by atoms with van der Waals surface area (Å²) in [7, 11) is 0. The van der Waals surface area contributed by atoms with Crippen molar-refractivity contribution in [1.29, 1.82) is 0 Å². The summed E-state index contributed by atoms with van der Waals surface area (Å²) in [4.78, 5) is 22.3. The number of hydrogen-bond acceptors (Lipinski definition) is 6. The van der Waals surface area contributed by atoms with Crippen LogP contribution in [0.5, 0.6) is 0 Å². The van der Waals surface area contributed by atoms with Crippen molar-refractivity contribution >= 4 is 17.8 Å². The fourth-order valence-corrected chi connectivity index (χ4v) is 1.81. The van der Waals surface area contributed by atoms with Gasteiger partial charge >= 0.3 is 5.69 Å². The highest BCUT2D eigenvalue weighted by Gasteiger charge is 2.32. The van der Waals surface area contributed by atoms with Gasteiger partial charge in [0.05, 0.1) is 22.9 Å². The van der Waals surface area contributed by atoms with E-state index in [0.29, 0.717) is 6.54 Å². The van der Waals surface area contributed by atoms with Crippen LogP contribution >= 0.6 is 0 Å². The van der Waals surface area contributed by atoms with E-state index in [9.17, 15) is 19.3 Å². The second-order valence-electron chi connectivity index (χ2n) is 5.36. The first-order valence-electron chi connectivity index (χ1n) is 7.01. The summed E-state index contributed by atoms with van der Waals surface area (Å²) < 4.78 is 16.1. The van der Waals surface area contributed by atoms with E-state index in [1.807, 2.05) is 0 Å². The van der Waals surface area contributed by atoms with E-state index in [4.69, 9.17) is 0 Å². The molecule has 0 bridgehead atoms. The molecule has 0 saturated carbocycles. The minimum atomic E-state index is -1.22. The van der Waals surface area contributed by atoms with Crippen LogP contribution in [0.1, 0.15) is 26.3 Å². The molecule has 11 heteroatoms. The van der Waals surface area contributed by atoms with E-state index in [-0.39, 0.29) is 11.3 Å². The van der Waals surface area contributed by atoms with Gasteiger partial charge in [-0.05, 0) is 20.8 Å². The molecule has 0 aliphatic carbocycles. The van der Waals surface area contributed by atoms with E-state index < -0.39 is 22.3 Å². The quantitative estimate of drug-likeness (QED) is 0.479. The zero-order chi connectivity index (χ0) is 17.9. The molecule has 0 saturated heterocycles. The van der Waals surface area contributed by atoms with Crippen molar-refractivity contribution in [2.24, 2.45) is 5.10 Å². The van der Waals surface area contributed by atoms with Gasteiger partial charge in [0, 0.05) is 6.54 Å². The Morgan fingerprint density at radius 2 is 2.21 bits per heavy atom. The number of amides is 1. The van der Waals surface area contributed by atoms with Crippen LogP contribution in [-0.4, -0.2) is 36.6 Å². The SMILES string of the molecule is CCn1ncc(C=NNC(=O)C(C)(C)n2cc([N+](=O)[O-])cn2)c1F. The van der Waals surface area contributed by atoms with Gasteiger partial charge in [-0.3, -0.25) is 19.6 Å². The zero-order valence-electron chi connectivity index (χ0n) is 13.3. The fraction of sp³-hybridized carbons (Fsp3) is 0.385. The lowest BCUT2D eigenvalue weighted by atomic mass is 10.1. The van der Waals surface area contributed by atoms with Gasteiger partial charge in [-0.1, -0.05) is 0 Å². The second kappa shape index (κ2) is 6.56. The van der Waals surface area contributed by atoms with Crippen LogP contribution in [0.3, 0.4) is 0 Å². The monoisotopic (exact) mass is 337 g/mol. The maximum Gasteiger partial charge on any atom is 0.307 e. The van der Waals surface area contributed by atoms with Crippen LogP contribution in [0.4, 0.5) is 10.1 Å². The molecule has 2 aromatic rings. The third-order valence-corrected chi connectivity index (χ3v) is 3.38. The highest BCUT2D eigenvalue weighted by molar-refractivity contribution is 5.85. The van der Waals surface area contributed by atoms with Gasteiger partial charge in [-0.15, -0.1) is 0 Å². The first kappa shape index (κ1) is 17.2. The third kappa shape index (κ3) is 3.29. The number of aromatic nitrogens is 4. The Kier molecular flexibility index (Phi) is 4.71. The fourth-order valence-electron chi connectivity index (χ4n) is 1.81. The average molecular weight is 337 g/mol. The van der Waals surface area contributed by atoms with Crippen molar-refractivity contribution in [3.63, 3.8) is 0 Å². The topological polar surface area (TPSA) is 120 Å². The Morgan fingerprint density at radius 1 is 1.50 bits per heavy atom. The molecular weight excluding hydrogens is 321 g/mol. The Bertz CT molecular complexity index is 793. The van der Waals surface area contributed by atoms with Gasteiger partial charge in [-0.25, -0.2) is 10.1 Å². The van der Waals surface area contributed by atoms with Crippen molar-refractivity contribution in [2.45, 2.75) is 32.9 Å². The van der Waals surface area contributed by atoms with E-state index in [0.717, 1.165) is 28.0 Å². The first-order valence-corrected chi connectivity index (χ1v) is 7.01. The highest BCUT2D eigenvalue weighted by atomic mass is 19.1. The van der Waals surface area contributed by atoms with Gasteiger partial charge in [0.15, 0.2) is 0 Å². The van der Waals surface area contributed by atoms with Crippen molar-refractivity contribution in [2.75, 3.05) is 0 Å². The molecule has 10 nitrogen and oxygen atoms in total. The zero-order valence-corrected chi connectivity index (χ0v) is 13.3. The lowest BCUT2D eigenvalue weighted by molar-refractivity contribution is -0.385. The third-order valence-electron chi connectivity index (χ3n) is 3.38. The van der Waals surface area contributed by atoms with Crippen molar-refractivity contribution in [3.05, 3.63) is 40.2 Å². The van der Waals surface area contributed by atoms with Gasteiger partial charge in [0.2, 0.25) is 5.95 Å². The van der Waals surface area contributed by atoms with E-state index >= 15 is 0 Å². The van der Waals surface area contributed by atoms with E-state index in [1.54, 1.807) is 6.92 Å².